The van der Waals surface area contributed by atoms with Gasteiger partial charge in [0.25, 0.3) is 5.56 Å². The monoisotopic (exact) mass is 368 g/mol. The van der Waals surface area contributed by atoms with E-state index in [1.807, 2.05) is 0 Å². The van der Waals surface area contributed by atoms with E-state index >= 15 is 0 Å². The van der Waals surface area contributed by atoms with Crippen molar-refractivity contribution in [3.63, 3.8) is 0 Å². The quantitative estimate of drug-likeness (QED) is 0.496. The first kappa shape index (κ1) is 18.4. The van der Waals surface area contributed by atoms with E-state index in [2.05, 4.69) is 9.51 Å². The molecule has 1 aromatic heterocycles. The molecule has 21 heavy (non-hydrogen) atoms. The van der Waals surface area contributed by atoms with Crippen molar-refractivity contribution in [3.05, 3.63) is 32.6 Å². The van der Waals surface area contributed by atoms with E-state index in [-0.39, 0.29) is 26.1 Å². The molecule has 1 aliphatic rings. The first-order valence-electron chi connectivity index (χ1n) is 5.90. The van der Waals surface area contributed by atoms with E-state index in [0.29, 0.717) is 18.4 Å². The van der Waals surface area contributed by atoms with Crippen molar-refractivity contribution in [3.8, 4) is 0 Å². The third-order valence-corrected chi connectivity index (χ3v) is 3.43. The zero-order valence-electron chi connectivity index (χ0n) is 11.3. The van der Waals surface area contributed by atoms with Gasteiger partial charge in [-0.15, -0.1) is 0 Å². The Hall–Kier alpha value is -0.627. The van der Waals surface area contributed by atoms with Gasteiger partial charge in [-0.1, -0.05) is 0 Å². The average Bonchev–Trinajstić information content (AvgIpc) is 2.79. The first-order valence-corrected chi connectivity index (χ1v) is 7.36. The maximum absolute atomic E-state index is 11.7. The smallest absolute Gasteiger partial charge is 0.790 e. The SMILES string of the molecule is Cc1cn([C@H]2CC[C@@H](COP(=O)([O-])[O-])O2)c(=O)[nH]c1=O.[Zn+2]. The minimum absolute atomic E-state index is 0. The molecule has 9 nitrogen and oxygen atoms in total. The van der Waals surface area contributed by atoms with Crippen LogP contribution in [0.1, 0.15) is 24.6 Å². The molecule has 2 heterocycles. The van der Waals surface area contributed by atoms with Crippen LogP contribution in [0.4, 0.5) is 0 Å². The van der Waals surface area contributed by atoms with Crippen molar-refractivity contribution in [2.45, 2.75) is 32.1 Å². The topological polar surface area (TPSA) is 137 Å². The van der Waals surface area contributed by atoms with Gasteiger partial charge in [0.2, 0.25) is 0 Å². The van der Waals surface area contributed by atoms with Gasteiger partial charge in [0.05, 0.1) is 20.5 Å². The Balaban J connectivity index is 0.00000220. The molecule has 11 heteroatoms. The Morgan fingerprint density at radius 3 is 2.76 bits per heavy atom. The van der Waals surface area contributed by atoms with Gasteiger partial charge >= 0.3 is 25.2 Å². The van der Waals surface area contributed by atoms with Crippen LogP contribution in [-0.4, -0.2) is 22.3 Å². The Morgan fingerprint density at radius 1 is 1.48 bits per heavy atom. The summed E-state index contributed by atoms with van der Waals surface area (Å²) in [5, 5.41) is 0. The summed E-state index contributed by atoms with van der Waals surface area (Å²) >= 11 is 0. The molecule has 0 saturated carbocycles. The minimum atomic E-state index is -5.03. The van der Waals surface area contributed by atoms with E-state index in [9.17, 15) is 23.9 Å². The minimum Gasteiger partial charge on any atom is -0.790 e. The third-order valence-electron chi connectivity index (χ3n) is 2.96. The van der Waals surface area contributed by atoms with Gasteiger partial charge in [0.1, 0.15) is 6.23 Å². The summed E-state index contributed by atoms with van der Waals surface area (Å²) in [6.45, 7) is 1.17. The van der Waals surface area contributed by atoms with E-state index in [0.717, 1.165) is 0 Å². The number of phosphoric ester groups is 1. The largest absolute Gasteiger partial charge is 2.00 e. The molecule has 0 unspecified atom stereocenters. The Labute approximate surface area is 132 Å². The van der Waals surface area contributed by atoms with E-state index in [4.69, 9.17) is 4.74 Å². The number of phosphoric acid groups is 1. The number of hydrogen-bond acceptors (Lipinski definition) is 7. The standard InChI is InChI=1S/C10H15N2O7P.Zn/c1-6-4-12(10(14)11-9(6)13)8-3-2-7(19-8)5-18-20(15,16)17;/h4,7-8H,2-3,5H2,1H3,(H,11,13,14)(H2,15,16,17);/q;+2/p-2/t7-,8+;/m0./s1. The normalized spacial score (nSPS) is 22.0. The van der Waals surface area contributed by atoms with Crippen LogP contribution in [0.5, 0.6) is 0 Å². The summed E-state index contributed by atoms with van der Waals surface area (Å²) in [5.41, 5.74) is -0.718. The predicted octanol–water partition coefficient (Wildman–Crippen LogP) is -1.63. The molecule has 0 aromatic carbocycles. The summed E-state index contributed by atoms with van der Waals surface area (Å²) < 4.78 is 21.2. The number of aryl methyl sites for hydroxylation is 1. The second-order valence-electron chi connectivity index (χ2n) is 4.51. The van der Waals surface area contributed by atoms with Crippen LogP contribution in [0.15, 0.2) is 15.8 Å². The van der Waals surface area contributed by atoms with Crippen LogP contribution < -0.4 is 21.0 Å². The Morgan fingerprint density at radius 2 is 2.14 bits per heavy atom. The van der Waals surface area contributed by atoms with Gasteiger partial charge in [-0.25, -0.2) is 4.79 Å². The van der Waals surface area contributed by atoms with E-state index in [1.54, 1.807) is 6.92 Å². The van der Waals surface area contributed by atoms with Gasteiger partial charge in [0, 0.05) is 11.8 Å². The number of nitrogens with zero attached hydrogens (tertiary/aromatic N) is 1. The van der Waals surface area contributed by atoms with E-state index in [1.165, 1.54) is 10.8 Å². The number of ether oxygens (including phenoxy) is 1. The van der Waals surface area contributed by atoms with Gasteiger partial charge < -0.3 is 23.6 Å². The fraction of sp³-hybridized carbons (Fsp3) is 0.600. The van der Waals surface area contributed by atoms with Crippen LogP contribution >= 0.6 is 7.82 Å². The zero-order valence-corrected chi connectivity index (χ0v) is 15.2. The fourth-order valence-electron chi connectivity index (χ4n) is 1.99. The van der Waals surface area contributed by atoms with Crippen LogP contribution in [-0.2, 0) is 33.3 Å². The number of aromatic amines is 1. The molecule has 0 aliphatic carbocycles. The van der Waals surface area contributed by atoms with Crippen LogP contribution in [0, 0.1) is 6.92 Å². The van der Waals surface area contributed by atoms with Gasteiger partial charge in [-0.05, 0) is 19.8 Å². The van der Waals surface area contributed by atoms with Crippen molar-refractivity contribution >= 4 is 7.82 Å². The molecule has 1 aromatic rings. The van der Waals surface area contributed by atoms with Crippen LogP contribution in [0.2, 0.25) is 0 Å². The van der Waals surface area contributed by atoms with Crippen molar-refractivity contribution in [1.82, 2.24) is 9.55 Å². The molecular weight excluding hydrogens is 356 g/mol. The summed E-state index contributed by atoms with van der Waals surface area (Å²) in [7, 11) is -5.03. The van der Waals surface area contributed by atoms with Crippen LogP contribution in [0.3, 0.4) is 0 Å². The number of hydrogen-bond donors (Lipinski definition) is 1. The molecule has 2 atom stereocenters. The predicted molar refractivity (Wildman–Crippen MR) is 62.8 cm³/mol. The molecule has 0 radical (unpaired) electrons. The van der Waals surface area contributed by atoms with E-state index < -0.39 is 31.4 Å². The van der Waals surface area contributed by atoms with Crippen LogP contribution in [0.25, 0.3) is 0 Å². The Bertz CT molecular complexity index is 652. The van der Waals surface area contributed by atoms with Crippen molar-refractivity contribution in [1.29, 1.82) is 0 Å². The first-order chi connectivity index (χ1) is 9.26. The molecule has 2 rings (SSSR count). The molecular formula is C10H13N2O7PZn. The molecule has 1 fully saturated rings. The number of aromatic nitrogens is 2. The second kappa shape index (κ2) is 7.09. The van der Waals surface area contributed by atoms with Gasteiger partial charge in [0.15, 0.2) is 0 Å². The summed E-state index contributed by atoms with van der Waals surface area (Å²) in [6, 6.07) is 0. The fourth-order valence-corrected chi connectivity index (χ4v) is 2.34. The molecule has 112 valence electrons. The molecule has 0 amide bonds. The molecule has 0 bridgehead atoms. The second-order valence-corrected chi connectivity index (χ2v) is 5.66. The Kier molecular flexibility index (Phi) is 6.22. The summed E-state index contributed by atoms with van der Waals surface area (Å²) in [5.74, 6) is 0. The maximum atomic E-state index is 11.7. The zero-order chi connectivity index (χ0) is 14.9. The number of H-pyrrole nitrogens is 1. The maximum Gasteiger partial charge on any atom is 2.00 e. The summed E-state index contributed by atoms with van der Waals surface area (Å²) in [4.78, 5) is 45.8. The van der Waals surface area contributed by atoms with Gasteiger partial charge in [-0.2, -0.15) is 0 Å². The number of nitrogens with one attached hydrogen (secondary N) is 1. The molecule has 0 spiro atoms. The molecule has 1 saturated heterocycles. The molecule has 1 aliphatic heterocycles. The number of rotatable bonds is 4. The van der Waals surface area contributed by atoms with Crippen molar-refractivity contribution in [2.24, 2.45) is 0 Å². The van der Waals surface area contributed by atoms with Crippen molar-refractivity contribution < 1.29 is 43.1 Å². The third kappa shape index (κ3) is 4.95. The van der Waals surface area contributed by atoms with Gasteiger partial charge in [-0.3, -0.25) is 14.3 Å². The van der Waals surface area contributed by atoms with Crippen molar-refractivity contribution in [2.75, 3.05) is 6.61 Å². The summed E-state index contributed by atoms with van der Waals surface area (Å²) in [6.07, 6.45) is 1.05. The average molecular weight is 370 g/mol. The molecule has 1 N–H and O–H groups in total.